The molecule has 1 unspecified atom stereocenters. The van der Waals surface area contributed by atoms with Crippen molar-refractivity contribution in [3.63, 3.8) is 0 Å². The van der Waals surface area contributed by atoms with Gasteiger partial charge in [-0.15, -0.1) is 11.3 Å². The molecule has 0 aliphatic carbocycles. The minimum absolute atomic E-state index is 0.315. The first-order chi connectivity index (χ1) is 8.42. The highest BCUT2D eigenvalue weighted by Crippen LogP contribution is 2.33. The van der Waals surface area contributed by atoms with E-state index in [2.05, 4.69) is 0 Å². The molecule has 2 rings (SSSR count). The van der Waals surface area contributed by atoms with Gasteiger partial charge >= 0.3 is 0 Å². The summed E-state index contributed by atoms with van der Waals surface area (Å²) in [4.78, 5) is 0.638. The predicted molar refractivity (Wildman–Crippen MR) is 73.5 cm³/mol. The molecule has 5 heteroatoms. The Bertz CT molecular complexity index is 603. The minimum atomic E-state index is -3.30. The van der Waals surface area contributed by atoms with Gasteiger partial charge in [-0.1, -0.05) is 36.4 Å². The second kappa shape index (κ2) is 4.84. The molecule has 1 aromatic carbocycles. The average Bonchev–Trinajstić information content (AvgIpc) is 2.82. The molecule has 3 nitrogen and oxygen atoms in total. The van der Waals surface area contributed by atoms with Crippen LogP contribution in [0.2, 0.25) is 0 Å². The number of hydrogen-bond donors (Lipinski definition) is 1. The lowest BCUT2D eigenvalue weighted by atomic mass is 9.94. The van der Waals surface area contributed by atoms with Crippen LogP contribution < -0.4 is 0 Å². The largest absolute Gasteiger partial charge is 0.378 e. The van der Waals surface area contributed by atoms with Crippen molar-refractivity contribution in [2.24, 2.45) is 0 Å². The van der Waals surface area contributed by atoms with Gasteiger partial charge in [0.25, 0.3) is 0 Å². The van der Waals surface area contributed by atoms with Gasteiger partial charge in [-0.05, 0) is 17.0 Å². The fraction of sp³-hybridized carbons (Fsp3) is 0.231. The molecule has 0 aliphatic rings. The van der Waals surface area contributed by atoms with Gasteiger partial charge in [0.1, 0.15) is 5.60 Å². The first-order valence-electron chi connectivity index (χ1n) is 5.41. The fourth-order valence-electron chi connectivity index (χ4n) is 1.90. The topological polar surface area (TPSA) is 54.4 Å². The maximum Gasteiger partial charge on any atom is 0.151 e. The van der Waals surface area contributed by atoms with Gasteiger partial charge in [0.2, 0.25) is 0 Å². The molecule has 96 valence electrons. The Morgan fingerprint density at radius 2 is 1.83 bits per heavy atom. The summed E-state index contributed by atoms with van der Waals surface area (Å²) >= 11 is 1.35. The van der Waals surface area contributed by atoms with E-state index >= 15 is 0 Å². The molecule has 1 N–H and O–H groups in total. The van der Waals surface area contributed by atoms with Crippen molar-refractivity contribution in [2.45, 2.75) is 5.60 Å². The molecule has 0 saturated carbocycles. The Hall–Kier alpha value is -1.17. The van der Waals surface area contributed by atoms with Crippen LogP contribution in [0.1, 0.15) is 10.4 Å². The summed E-state index contributed by atoms with van der Waals surface area (Å²) in [7, 11) is -3.30. The SMILES string of the molecule is CS(=O)(=O)CC(O)(c1ccccc1)c1cccs1. The first-order valence-corrected chi connectivity index (χ1v) is 8.35. The second-order valence-electron chi connectivity index (χ2n) is 4.27. The molecule has 1 atom stereocenters. The third kappa shape index (κ3) is 2.80. The summed E-state index contributed by atoms with van der Waals surface area (Å²) in [5.41, 5.74) is -0.874. The van der Waals surface area contributed by atoms with Crippen LogP contribution in [0.3, 0.4) is 0 Å². The van der Waals surface area contributed by atoms with Gasteiger partial charge in [0.05, 0.1) is 5.75 Å². The number of thiophene rings is 1. The zero-order valence-corrected chi connectivity index (χ0v) is 11.5. The third-order valence-electron chi connectivity index (χ3n) is 2.65. The maximum atomic E-state index is 11.6. The summed E-state index contributed by atoms with van der Waals surface area (Å²) < 4.78 is 23.1. The minimum Gasteiger partial charge on any atom is -0.378 e. The normalized spacial score (nSPS) is 15.2. The Balaban J connectivity index is 2.54. The second-order valence-corrected chi connectivity index (χ2v) is 7.36. The summed E-state index contributed by atoms with van der Waals surface area (Å²) in [5.74, 6) is -0.315. The average molecular weight is 282 g/mol. The number of benzene rings is 1. The Morgan fingerprint density at radius 3 is 2.33 bits per heavy atom. The zero-order valence-electron chi connectivity index (χ0n) is 9.91. The lowest BCUT2D eigenvalue weighted by Crippen LogP contribution is -2.34. The molecule has 2 aromatic rings. The number of sulfone groups is 1. The van der Waals surface area contributed by atoms with Gasteiger partial charge in [0.15, 0.2) is 9.84 Å². The number of hydrogen-bond acceptors (Lipinski definition) is 4. The van der Waals surface area contributed by atoms with Crippen molar-refractivity contribution < 1.29 is 13.5 Å². The Labute approximate surface area is 111 Å². The quantitative estimate of drug-likeness (QED) is 0.933. The predicted octanol–water partition coefficient (Wildman–Crippen LogP) is 2.03. The van der Waals surface area contributed by atoms with E-state index in [-0.39, 0.29) is 5.75 Å². The molecule has 1 aromatic heterocycles. The van der Waals surface area contributed by atoms with Crippen LogP contribution in [0.5, 0.6) is 0 Å². The molecule has 0 bridgehead atoms. The molecule has 0 spiro atoms. The molecule has 18 heavy (non-hydrogen) atoms. The number of rotatable bonds is 4. The van der Waals surface area contributed by atoms with Gasteiger partial charge < -0.3 is 5.11 Å². The van der Waals surface area contributed by atoms with Crippen LogP contribution in [0.4, 0.5) is 0 Å². The summed E-state index contributed by atoms with van der Waals surface area (Å²) in [6.45, 7) is 0. The van der Waals surface area contributed by atoms with E-state index < -0.39 is 15.4 Å². The molecule has 0 amide bonds. The Kier molecular flexibility index (Phi) is 3.56. The molecular weight excluding hydrogens is 268 g/mol. The van der Waals surface area contributed by atoms with Gasteiger partial charge in [-0.25, -0.2) is 8.42 Å². The molecule has 0 radical (unpaired) electrons. The van der Waals surface area contributed by atoms with Crippen LogP contribution in [-0.4, -0.2) is 25.5 Å². The van der Waals surface area contributed by atoms with Crippen molar-refractivity contribution in [1.82, 2.24) is 0 Å². The van der Waals surface area contributed by atoms with Crippen LogP contribution in [0.15, 0.2) is 47.8 Å². The first kappa shape index (κ1) is 13.3. The van der Waals surface area contributed by atoms with Crippen LogP contribution in [0, 0.1) is 0 Å². The van der Waals surface area contributed by atoms with E-state index in [1.165, 1.54) is 11.3 Å². The van der Waals surface area contributed by atoms with Crippen molar-refractivity contribution >= 4 is 21.2 Å². The van der Waals surface area contributed by atoms with Gasteiger partial charge in [-0.3, -0.25) is 0 Å². The highest BCUT2D eigenvalue weighted by molar-refractivity contribution is 7.90. The number of aliphatic hydroxyl groups is 1. The molecule has 0 saturated heterocycles. The van der Waals surface area contributed by atoms with Gasteiger partial charge in [0, 0.05) is 11.1 Å². The fourth-order valence-corrected chi connectivity index (χ4v) is 3.92. The summed E-state index contributed by atoms with van der Waals surface area (Å²) in [6, 6.07) is 12.4. The van der Waals surface area contributed by atoms with E-state index in [1.54, 1.807) is 36.4 Å². The monoisotopic (exact) mass is 282 g/mol. The Morgan fingerprint density at radius 1 is 1.17 bits per heavy atom. The van der Waals surface area contributed by atoms with E-state index in [1.807, 2.05) is 11.4 Å². The van der Waals surface area contributed by atoms with Crippen LogP contribution >= 0.6 is 11.3 Å². The maximum absolute atomic E-state index is 11.6. The molecule has 1 heterocycles. The highest BCUT2D eigenvalue weighted by Gasteiger charge is 2.36. The molecule has 0 fully saturated rings. The van der Waals surface area contributed by atoms with E-state index in [9.17, 15) is 13.5 Å². The lowest BCUT2D eigenvalue weighted by molar-refractivity contribution is 0.110. The molecule has 0 aliphatic heterocycles. The zero-order chi connectivity index (χ0) is 13.2. The van der Waals surface area contributed by atoms with Gasteiger partial charge in [-0.2, -0.15) is 0 Å². The smallest absolute Gasteiger partial charge is 0.151 e. The van der Waals surface area contributed by atoms with E-state index in [4.69, 9.17) is 0 Å². The summed E-state index contributed by atoms with van der Waals surface area (Å²) in [6.07, 6.45) is 1.13. The van der Waals surface area contributed by atoms with Crippen molar-refractivity contribution in [3.8, 4) is 0 Å². The van der Waals surface area contributed by atoms with E-state index in [0.717, 1.165) is 6.26 Å². The molecular formula is C13H14O3S2. The van der Waals surface area contributed by atoms with Crippen molar-refractivity contribution in [2.75, 3.05) is 12.0 Å². The third-order valence-corrected chi connectivity index (χ3v) is 4.61. The van der Waals surface area contributed by atoms with Crippen molar-refractivity contribution in [3.05, 3.63) is 58.3 Å². The van der Waals surface area contributed by atoms with Crippen LogP contribution in [-0.2, 0) is 15.4 Å². The summed E-state index contributed by atoms with van der Waals surface area (Å²) in [5, 5.41) is 12.6. The van der Waals surface area contributed by atoms with Crippen molar-refractivity contribution in [1.29, 1.82) is 0 Å². The highest BCUT2D eigenvalue weighted by atomic mass is 32.2. The van der Waals surface area contributed by atoms with E-state index in [0.29, 0.717) is 10.4 Å². The van der Waals surface area contributed by atoms with Crippen LogP contribution in [0.25, 0.3) is 0 Å². The lowest BCUT2D eigenvalue weighted by Gasteiger charge is -2.26. The standard InChI is InChI=1S/C13H14O3S2/c1-18(15,16)10-13(14,12-8-5-9-17-12)11-6-3-2-4-7-11/h2-9,14H,10H2,1H3.